The maximum absolute atomic E-state index is 10.2. The van der Waals surface area contributed by atoms with E-state index in [1.807, 2.05) is 13.0 Å². The topological polar surface area (TPSA) is 37.3 Å². The number of carbonyl (C=O) groups is 1. The van der Waals surface area contributed by atoms with E-state index >= 15 is 0 Å². The molecule has 1 unspecified atom stereocenters. The van der Waals surface area contributed by atoms with Gasteiger partial charge in [-0.25, -0.2) is 0 Å². The van der Waals surface area contributed by atoms with Crippen molar-refractivity contribution in [3.63, 3.8) is 0 Å². The highest BCUT2D eigenvalue weighted by molar-refractivity contribution is 5.65. The molecular formula is C17H24O2. The maximum atomic E-state index is 10.2. The van der Waals surface area contributed by atoms with Crippen molar-refractivity contribution in [1.29, 1.82) is 0 Å². The first kappa shape index (κ1) is 15.6. The molecule has 1 aliphatic carbocycles. The molecule has 104 valence electrons. The van der Waals surface area contributed by atoms with Gasteiger partial charge in [0.2, 0.25) is 0 Å². The molecule has 0 saturated heterocycles. The van der Waals surface area contributed by atoms with Crippen LogP contribution in [0.5, 0.6) is 0 Å². The Morgan fingerprint density at radius 1 is 1.37 bits per heavy atom. The Morgan fingerprint density at radius 3 is 2.63 bits per heavy atom. The van der Waals surface area contributed by atoms with Gasteiger partial charge in [0.25, 0.3) is 0 Å². The Labute approximate surface area is 116 Å². The highest BCUT2D eigenvalue weighted by Crippen LogP contribution is 2.40. The average molecular weight is 260 g/mol. The van der Waals surface area contributed by atoms with E-state index in [4.69, 9.17) is 0 Å². The number of aliphatic hydroxyl groups is 1. The zero-order valence-electron chi connectivity index (χ0n) is 12.3. The van der Waals surface area contributed by atoms with Crippen LogP contribution < -0.4 is 0 Å². The van der Waals surface area contributed by atoms with Gasteiger partial charge in [0.05, 0.1) is 6.10 Å². The van der Waals surface area contributed by atoms with Crippen molar-refractivity contribution in [1.82, 2.24) is 0 Å². The predicted molar refractivity (Wildman–Crippen MR) is 79.8 cm³/mol. The van der Waals surface area contributed by atoms with Crippen molar-refractivity contribution in [2.45, 2.75) is 46.6 Å². The first-order chi connectivity index (χ1) is 8.86. The summed E-state index contributed by atoms with van der Waals surface area (Å²) in [6.45, 7) is 8.44. The number of carbonyl (C=O) groups excluding carboxylic acids is 1. The van der Waals surface area contributed by atoms with Gasteiger partial charge in [-0.3, -0.25) is 4.79 Å². The van der Waals surface area contributed by atoms with E-state index in [0.29, 0.717) is 0 Å². The van der Waals surface area contributed by atoms with Gasteiger partial charge in [0.15, 0.2) is 0 Å². The lowest BCUT2D eigenvalue weighted by atomic mass is 9.71. The fraction of sp³-hybridized carbons (Fsp3) is 0.471. The molecule has 0 fully saturated rings. The van der Waals surface area contributed by atoms with E-state index in [-0.39, 0.29) is 11.5 Å². The van der Waals surface area contributed by atoms with Crippen molar-refractivity contribution in [2.75, 3.05) is 0 Å². The van der Waals surface area contributed by atoms with Crippen molar-refractivity contribution in [3.05, 3.63) is 47.1 Å². The second kappa shape index (κ2) is 6.67. The summed E-state index contributed by atoms with van der Waals surface area (Å²) in [6, 6.07) is 0. The Bertz CT molecular complexity index is 448. The molecule has 0 aromatic carbocycles. The Morgan fingerprint density at radius 2 is 2.05 bits per heavy atom. The number of allylic oxidation sites excluding steroid dienone is 7. The lowest BCUT2D eigenvalue weighted by Crippen LogP contribution is -2.28. The monoisotopic (exact) mass is 260 g/mol. The van der Waals surface area contributed by atoms with Gasteiger partial charge in [-0.15, -0.1) is 0 Å². The number of aliphatic hydroxyl groups excluding tert-OH is 1. The molecule has 1 N–H and O–H groups in total. The summed E-state index contributed by atoms with van der Waals surface area (Å²) in [4.78, 5) is 10.2. The van der Waals surface area contributed by atoms with Crippen molar-refractivity contribution in [2.24, 2.45) is 5.41 Å². The first-order valence-corrected chi connectivity index (χ1v) is 6.72. The van der Waals surface area contributed by atoms with E-state index in [1.54, 1.807) is 6.08 Å². The van der Waals surface area contributed by atoms with Crippen LogP contribution in [-0.4, -0.2) is 17.5 Å². The molecule has 0 aliphatic heterocycles. The standard InChI is InChI=1S/C17H24O2/c1-13(7-5-6-10-18)8-9-16-14(2)11-15(19)12-17(16,3)4/h5-10,15,19H,11-12H2,1-4H3. The van der Waals surface area contributed by atoms with E-state index in [2.05, 4.69) is 32.9 Å². The summed E-state index contributed by atoms with van der Waals surface area (Å²) in [5.74, 6) is 0. The Balaban J connectivity index is 2.90. The zero-order chi connectivity index (χ0) is 14.5. The lowest BCUT2D eigenvalue weighted by Gasteiger charge is -2.35. The fourth-order valence-corrected chi connectivity index (χ4v) is 2.70. The van der Waals surface area contributed by atoms with Crippen LogP contribution in [0.2, 0.25) is 0 Å². The Kier molecular flexibility index (Phi) is 5.49. The van der Waals surface area contributed by atoms with Crippen LogP contribution in [-0.2, 0) is 4.79 Å². The Hall–Kier alpha value is -1.41. The molecule has 0 amide bonds. The number of rotatable bonds is 4. The fourth-order valence-electron chi connectivity index (χ4n) is 2.70. The summed E-state index contributed by atoms with van der Waals surface area (Å²) in [7, 11) is 0. The van der Waals surface area contributed by atoms with Crippen LogP contribution >= 0.6 is 0 Å². The maximum Gasteiger partial charge on any atom is 0.142 e. The minimum atomic E-state index is -0.223. The summed E-state index contributed by atoms with van der Waals surface area (Å²) in [5.41, 5.74) is 3.68. The van der Waals surface area contributed by atoms with Crippen LogP contribution in [0.1, 0.15) is 40.5 Å². The highest BCUT2D eigenvalue weighted by atomic mass is 16.3. The first-order valence-electron chi connectivity index (χ1n) is 6.72. The molecule has 2 heteroatoms. The number of hydrogen-bond donors (Lipinski definition) is 1. The van der Waals surface area contributed by atoms with Crippen LogP contribution in [0.3, 0.4) is 0 Å². The summed E-state index contributed by atoms with van der Waals surface area (Å²) in [5, 5.41) is 9.84. The largest absolute Gasteiger partial charge is 0.393 e. The molecule has 0 bridgehead atoms. The second-order valence-electron chi connectivity index (χ2n) is 5.90. The molecule has 0 spiro atoms. The van der Waals surface area contributed by atoms with Crippen molar-refractivity contribution < 1.29 is 9.90 Å². The van der Waals surface area contributed by atoms with Crippen LogP contribution in [0, 0.1) is 5.41 Å². The minimum Gasteiger partial charge on any atom is -0.393 e. The van der Waals surface area contributed by atoms with Crippen LogP contribution in [0.4, 0.5) is 0 Å². The van der Waals surface area contributed by atoms with Gasteiger partial charge in [-0.05, 0) is 43.8 Å². The predicted octanol–water partition coefficient (Wildman–Crippen LogP) is 3.74. The third-order valence-electron chi connectivity index (χ3n) is 3.54. The molecule has 1 aliphatic rings. The molecule has 1 rings (SSSR count). The van der Waals surface area contributed by atoms with Gasteiger partial charge >= 0.3 is 0 Å². The summed E-state index contributed by atoms with van der Waals surface area (Å²) in [6.07, 6.45) is 11.4. The van der Waals surface area contributed by atoms with Gasteiger partial charge in [-0.2, -0.15) is 0 Å². The zero-order valence-corrected chi connectivity index (χ0v) is 12.3. The van der Waals surface area contributed by atoms with Gasteiger partial charge in [-0.1, -0.05) is 49.3 Å². The van der Waals surface area contributed by atoms with Crippen molar-refractivity contribution >= 4 is 6.29 Å². The van der Waals surface area contributed by atoms with E-state index < -0.39 is 0 Å². The van der Waals surface area contributed by atoms with Gasteiger partial charge in [0, 0.05) is 0 Å². The smallest absolute Gasteiger partial charge is 0.142 e. The molecule has 0 heterocycles. The van der Waals surface area contributed by atoms with Gasteiger partial charge < -0.3 is 5.11 Å². The summed E-state index contributed by atoms with van der Waals surface area (Å²) >= 11 is 0. The normalized spacial score (nSPS) is 24.5. The average Bonchev–Trinajstić information content (AvgIpc) is 2.26. The molecular weight excluding hydrogens is 236 g/mol. The molecule has 2 nitrogen and oxygen atoms in total. The van der Waals surface area contributed by atoms with E-state index in [0.717, 1.165) is 24.7 Å². The SMILES string of the molecule is CC(C=CC1=C(C)CC(O)CC1(C)C)=CC=CC=O. The van der Waals surface area contributed by atoms with Crippen molar-refractivity contribution in [3.8, 4) is 0 Å². The number of aldehydes is 1. The summed E-state index contributed by atoms with van der Waals surface area (Å²) < 4.78 is 0. The second-order valence-corrected chi connectivity index (χ2v) is 5.90. The molecule has 0 aromatic rings. The third kappa shape index (κ3) is 4.64. The quantitative estimate of drug-likeness (QED) is 0.475. The third-order valence-corrected chi connectivity index (χ3v) is 3.54. The minimum absolute atomic E-state index is 0.0111. The molecule has 0 saturated carbocycles. The van der Waals surface area contributed by atoms with E-state index in [1.165, 1.54) is 17.2 Å². The highest BCUT2D eigenvalue weighted by Gasteiger charge is 2.31. The molecule has 19 heavy (non-hydrogen) atoms. The molecule has 1 atom stereocenters. The van der Waals surface area contributed by atoms with Crippen LogP contribution in [0.25, 0.3) is 0 Å². The van der Waals surface area contributed by atoms with Gasteiger partial charge in [0.1, 0.15) is 6.29 Å². The lowest BCUT2D eigenvalue weighted by molar-refractivity contribution is -0.104. The molecule has 0 radical (unpaired) electrons. The number of hydrogen-bond acceptors (Lipinski definition) is 2. The van der Waals surface area contributed by atoms with Crippen LogP contribution in [0.15, 0.2) is 47.1 Å². The van der Waals surface area contributed by atoms with E-state index in [9.17, 15) is 9.90 Å². The molecule has 0 aromatic heterocycles.